The van der Waals surface area contributed by atoms with Gasteiger partial charge in [0.1, 0.15) is 0 Å². The van der Waals surface area contributed by atoms with Gasteiger partial charge < -0.3 is 0 Å². The van der Waals surface area contributed by atoms with Gasteiger partial charge in [-0.2, -0.15) is 5.26 Å². The summed E-state index contributed by atoms with van der Waals surface area (Å²) in [5.74, 6) is -0.341. The molecule has 0 radical (unpaired) electrons. The van der Waals surface area contributed by atoms with Gasteiger partial charge in [-0.05, 0) is 29.8 Å². The summed E-state index contributed by atoms with van der Waals surface area (Å²) in [5, 5.41) is 9.66. The van der Waals surface area contributed by atoms with Crippen LogP contribution in [-0.2, 0) is 0 Å². The summed E-state index contributed by atoms with van der Waals surface area (Å²) in [4.78, 5) is 13.3. The Balaban J connectivity index is 2.03. The van der Waals surface area contributed by atoms with Crippen LogP contribution in [0.2, 0.25) is 5.02 Å². The smallest absolute Gasteiger partial charge is 0.267 e. The fourth-order valence-electron chi connectivity index (χ4n) is 1.78. The second kappa shape index (κ2) is 7.28. The molecular formula is C17H13ClN2O. The van der Waals surface area contributed by atoms with Crippen molar-refractivity contribution in [3.63, 3.8) is 0 Å². The number of hydrogen-bond acceptors (Lipinski definition) is 2. The van der Waals surface area contributed by atoms with Crippen molar-refractivity contribution in [2.75, 3.05) is 6.54 Å². The zero-order chi connectivity index (χ0) is 15.1. The summed E-state index contributed by atoms with van der Waals surface area (Å²) in [6, 6.07) is 16.2. The number of amides is 1. The van der Waals surface area contributed by atoms with E-state index in [0.717, 1.165) is 10.5 Å². The summed E-state index contributed by atoms with van der Waals surface area (Å²) >= 11 is 5.78. The normalized spacial score (nSPS) is 10.3. The van der Waals surface area contributed by atoms with Crippen LogP contribution in [0.25, 0.3) is 6.08 Å². The molecule has 0 saturated heterocycles. The van der Waals surface area contributed by atoms with Crippen molar-refractivity contribution in [3.8, 4) is 6.19 Å². The zero-order valence-electron chi connectivity index (χ0n) is 11.2. The highest BCUT2D eigenvalue weighted by atomic mass is 35.5. The van der Waals surface area contributed by atoms with Crippen LogP contribution in [0.1, 0.15) is 15.9 Å². The van der Waals surface area contributed by atoms with Crippen molar-refractivity contribution in [3.05, 3.63) is 76.8 Å². The molecule has 0 N–H and O–H groups in total. The van der Waals surface area contributed by atoms with E-state index in [-0.39, 0.29) is 12.5 Å². The van der Waals surface area contributed by atoms with E-state index in [0.29, 0.717) is 10.6 Å². The zero-order valence-corrected chi connectivity index (χ0v) is 12.0. The van der Waals surface area contributed by atoms with Gasteiger partial charge in [0, 0.05) is 10.6 Å². The molecule has 0 spiro atoms. The van der Waals surface area contributed by atoms with Gasteiger partial charge in [0.2, 0.25) is 0 Å². The fourth-order valence-corrected chi connectivity index (χ4v) is 1.90. The molecule has 0 fully saturated rings. The van der Waals surface area contributed by atoms with Gasteiger partial charge in [0.25, 0.3) is 5.91 Å². The molecule has 0 aromatic heterocycles. The first-order valence-corrected chi connectivity index (χ1v) is 6.77. The lowest BCUT2D eigenvalue weighted by Gasteiger charge is -2.11. The van der Waals surface area contributed by atoms with Gasteiger partial charge in [-0.3, -0.25) is 4.79 Å². The van der Waals surface area contributed by atoms with Gasteiger partial charge in [0.15, 0.2) is 6.19 Å². The second-order valence-corrected chi connectivity index (χ2v) is 4.77. The first kappa shape index (κ1) is 14.8. The van der Waals surface area contributed by atoms with Crippen molar-refractivity contribution >= 4 is 23.6 Å². The molecule has 0 atom stereocenters. The number of benzene rings is 2. The van der Waals surface area contributed by atoms with E-state index >= 15 is 0 Å². The lowest BCUT2D eigenvalue weighted by Crippen LogP contribution is -2.26. The van der Waals surface area contributed by atoms with Crippen LogP contribution in [0.15, 0.2) is 60.7 Å². The van der Waals surface area contributed by atoms with E-state index in [4.69, 9.17) is 16.9 Å². The quantitative estimate of drug-likeness (QED) is 0.633. The first-order valence-electron chi connectivity index (χ1n) is 6.39. The molecule has 0 saturated carbocycles. The van der Waals surface area contributed by atoms with Gasteiger partial charge in [-0.25, -0.2) is 4.90 Å². The molecule has 0 aliphatic carbocycles. The molecule has 21 heavy (non-hydrogen) atoms. The van der Waals surface area contributed by atoms with Crippen molar-refractivity contribution < 1.29 is 4.79 Å². The Bertz CT molecular complexity index is 672. The number of hydrogen-bond donors (Lipinski definition) is 0. The topological polar surface area (TPSA) is 44.1 Å². The largest absolute Gasteiger partial charge is 0.268 e. The third-order valence-electron chi connectivity index (χ3n) is 2.85. The number of carbonyl (C=O) groups excluding carboxylic acids is 1. The third-order valence-corrected chi connectivity index (χ3v) is 3.11. The minimum atomic E-state index is -0.341. The average molecular weight is 297 g/mol. The van der Waals surface area contributed by atoms with Gasteiger partial charge in [0.05, 0.1) is 6.54 Å². The number of nitriles is 1. The van der Waals surface area contributed by atoms with E-state index < -0.39 is 0 Å². The number of rotatable bonds is 4. The molecular weight excluding hydrogens is 284 g/mol. The highest BCUT2D eigenvalue weighted by molar-refractivity contribution is 6.30. The summed E-state index contributed by atoms with van der Waals surface area (Å²) in [6.45, 7) is 0.229. The third kappa shape index (κ3) is 4.20. The minimum absolute atomic E-state index is 0.229. The lowest BCUT2D eigenvalue weighted by molar-refractivity contribution is 0.0844. The first-order chi connectivity index (χ1) is 10.2. The Morgan fingerprint density at radius 2 is 1.81 bits per heavy atom. The van der Waals surface area contributed by atoms with Crippen LogP contribution < -0.4 is 0 Å². The van der Waals surface area contributed by atoms with E-state index in [1.165, 1.54) is 0 Å². The Morgan fingerprint density at radius 1 is 1.14 bits per heavy atom. The van der Waals surface area contributed by atoms with Crippen LogP contribution in [0.3, 0.4) is 0 Å². The van der Waals surface area contributed by atoms with Crippen LogP contribution >= 0.6 is 11.6 Å². The van der Waals surface area contributed by atoms with Crippen molar-refractivity contribution in [1.82, 2.24) is 4.90 Å². The predicted molar refractivity (Wildman–Crippen MR) is 83.6 cm³/mol. The van der Waals surface area contributed by atoms with Gasteiger partial charge >= 0.3 is 0 Å². The maximum atomic E-state index is 12.2. The van der Waals surface area contributed by atoms with E-state index in [1.807, 2.05) is 42.6 Å². The van der Waals surface area contributed by atoms with E-state index in [2.05, 4.69) is 0 Å². The standard InChI is InChI=1S/C17H13ClN2O/c18-16-10-8-15(9-11-16)17(21)20(13-19)12-4-7-14-5-2-1-3-6-14/h1-11H,12H2/b7-4+. The number of halogens is 1. The fraction of sp³-hybridized carbons (Fsp3) is 0.0588. The van der Waals surface area contributed by atoms with Crippen LogP contribution in [0, 0.1) is 11.5 Å². The molecule has 2 aromatic rings. The highest BCUT2D eigenvalue weighted by Crippen LogP contribution is 2.11. The molecule has 0 heterocycles. The molecule has 104 valence electrons. The molecule has 0 unspecified atom stereocenters. The molecule has 1 amide bonds. The van der Waals surface area contributed by atoms with Crippen LogP contribution in [-0.4, -0.2) is 17.4 Å². The van der Waals surface area contributed by atoms with Crippen molar-refractivity contribution in [2.45, 2.75) is 0 Å². The molecule has 2 rings (SSSR count). The molecule has 0 aliphatic rings. The SMILES string of the molecule is N#CN(C/C=C/c1ccccc1)C(=O)c1ccc(Cl)cc1. The van der Waals surface area contributed by atoms with E-state index in [1.54, 1.807) is 30.3 Å². The maximum absolute atomic E-state index is 12.2. The Labute approximate surface area is 128 Å². The molecule has 2 aromatic carbocycles. The van der Waals surface area contributed by atoms with Gasteiger partial charge in [-0.1, -0.05) is 54.1 Å². The summed E-state index contributed by atoms with van der Waals surface area (Å²) in [7, 11) is 0. The van der Waals surface area contributed by atoms with Crippen LogP contribution in [0.4, 0.5) is 0 Å². The number of nitrogens with zero attached hydrogens (tertiary/aromatic N) is 2. The summed E-state index contributed by atoms with van der Waals surface area (Å²) in [6.07, 6.45) is 5.56. The highest BCUT2D eigenvalue weighted by Gasteiger charge is 2.13. The average Bonchev–Trinajstić information content (AvgIpc) is 2.53. The van der Waals surface area contributed by atoms with Crippen molar-refractivity contribution in [1.29, 1.82) is 5.26 Å². The Hall–Kier alpha value is -2.57. The summed E-state index contributed by atoms with van der Waals surface area (Å²) in [5.41, 5.74) is 1.46. The maximum Gasteiger partial charge on any atom is 0.267 e. The van der Waals surface area contributed by atoms with Crippen LogP contribution in [0.5, 0.6) is 0 Å². The Morgan fingerprint density at radius 3 is 2.43 bits per heavy atom. The Kier molecular flexibility index (Phi) is 5.14. The molecule has 0 bridgehead atoms. The van der Waals surface area contributed by atoms with Crippen molar-refractivity contribution in [2.24, 2.45) is 0 Å². The molecule has 4 heteroatoms. The van der Waals surface area contributed by atoms with Gasteiger partial charge in [-0.15, -0.1) is 0 Å². The second-order valence-electron chi connectivity index (χ2n) is 4.34. The summed E-state index contributed by atoms with van der Waals surface area (Å²) < 4.78 is 0. The monoisotopic (exact) mass is 296 g/mol. The van der Waals surface area contributed by atoms with E-state index in [9.17, 15) is 4.79 Å². The molecule has 3 nitrogen and oxygen atoms in total. The minimum Gasteiger partial charge on any atom is -0.268 e. The lowest BCUT2D eigenvalue weighted by atomic mass is 10.2. The molecule has 0 aliphatic heterocycles. The number of carbonyl (C=O) groups is 1. The predicted octanol–water partition coefficient (Wildman–Crippen LogP) is 3.98.